The maximum Gasteiger partial charge on any atom is 0.332 e. The standard InChI is InChI=1S/3C9H21O3P.2CH2O.Ru/c3*1-4-7-10-13(11-8-5-2)12-9-6-3;2*1-2;/h3*4-9H2,1-3H3;2*1H2;. The molecular formula is C29H67O11P3Ru. The van der Waals surface area contributed by atoms with E-state index in [4.69, 9.17) is 50.3 Å². The van der Waals surface area contributed by atoms with Gasteiger partial charge in [0.1, 0.15) is 13.6 Å². The maximum absolute atomic E-state index is 8.00. The minimum Gasteiger partial charge on any atom is -0.312 e. The van der Waals surface area contributed by atoms with E-state index in [-0.39, 0.29) is 19.5 Å². The van der Waals surface area contributed by atoms with Crippen LogP contribution >= 0.6 is 25.8 Å². The van der Waals surface area contributed by atoms with E-state index in [0.717, 1.165) is 117 Å². The Kier molecular flexibility index (Phi) is 77.1. The SMILES string of the molecule is C=O.C=O.CCCOP(OCCC)OCCC.CCCOP(OCCC)OCCC.CCCOP(OCCC)OCCC.[Ru]. The van der Waals surface area contributed by atoms with Gasteiger partial charge in [-0.05, 0) is 57.8 Å². The Bertz CT molecular complexity index is 339. The van der Waals surface area contributed by atoms with Crippen LogP contribution in [-0.4, -0.2) is 73.0 Å². The topological polar surface area (TPSA) is 117 Å². The molecular weight excluding hydrogens is 718 g/mol. The summed E-state index contributed by atoms with van der Waals surface area (Å²) in [6, 6.07) is 0. The van der Waals surface area contributed by atoms with E-state index in [1.54, 1.807) is 0 Å². The molecule has 0 heterocycles. The van der Waals surface area contributed by atoms with Crippen molar-refractivity contribution >= 4 is 39.4 Å². The number of hydrogen-bond acceptors (Lipinski definition) is 11. The van der Waals surface area contributed by atoms with Crippen molar-refractivity contribution in [3.05, 3.63) is 0 Å². The predicted molar refractivity (Wildman–Crippen MR) is 181 cm³/mol. The van der Waals surface area contributed by atoms with Crippen molar-refractivity contribution in [2.75, 3.05) is 59.5 Å². The van der Waals surface area contributed by atoms with Gasteiger partial charge in [-0.2, -0.15) is 0 Å². The molecule has 0 radical (unpaired) electrons. The molecule has 15 heteroatoms. The van der Waals surface area contributed by atoms with Gasteiger partial charge >= 0.3 is 25.8 Å². The van der Waals surface area contributed by atoms with Crippen molar-refractivity contribution in [1.82, 2.24) is 0 Å². The van der Waals surface area contributed by atoms with Crippen LogP contribution in [0.25, 0.3) is 0 Å². The van der Waals surface area contributed by atoms with Crippen LogP contribution in [0.15, 0.2) is 0 Å². The summed E-state index contributed by atoms with van der Waals surface area (Å²) in [6.45, 7) is 29.2. The fraction of sp³-hybridized carbons (Fsp3) is 0.931. The van der Waals surface area contributed by atoms with Gasteiger partial charge in [0.2, 0.25) is 0 Å². The van der Waals surface area contributed by atoms with Crippen LogP contribution in [0.2, 0.25) is 0 Å². The molecule has 0 aromatic carbocycles. The Morgan fingerprint density at radius 2 is 0.386 bits per heavy atom. The monoisotopic (exact) mass is 786 g/mol. The third kappa shape index (κ3) is 55.3. The zero-order valence-electron chi connectivity index (χ0n) is 29.3. The van der Waals surface area contributed by atoms with Gasteiger partial charge in [-0.25, -0.2) is 0 Å². The van der Waals surface area contributed by atoms with Gasteiger partial charge in [0.25, 0.3) is 0 Å². The number of hydrogen-bond donors (Lipinski definition) is 0. The molecule has 0 N–H and O–H groups in total. The Hall–Kier alpha value is 0.893. The van der Waals surface area contributed by atoms with Crippen molar-refractivity contribution in [3.8, 4) is 0 Å². The summed E-state index contributed by atoms with van der Waals surface area (Å²) in [5.41, 5.74) is 0. The molecule has 0 rings (SSSR count). The molecule has 0 unspecified atom stereocenters. The molecule has 0 atom stereocenters. The summed E-state index contributed by atoms with van der Waals surface area (Å²) in [6.07, 6.45) is 9.03. The van der Waals surface area contributed by atoms with Crippen LogP contribution in [0.4, 0.5) is 0 Å². The first-order chi connectivity index (χ1) is 21.0. The molecule has 0 aromatic rings. The summed E-state index contributed by atoms with van der Waals surface area (Å²) in [4.78, 5) is 16.0. The number of carbonyl (C=O) groups is 2. The van der Waals surface area contributed by atoms with Gasteiger partial charge in [0.05, 0.1) is 59.5 Å². The van der Waals surface area contributed by atoms with Gasteiger partial charge in [-0.3, -0.25) is 0 Å². The molecule has 44 heavy (non-hydrogen) atoms. The predicted octanol–water partition coefficient (Wildman–Crippen LogP) is 10.1. The number of carbonyl (C=O) groups excluding carboxylic acids is 2. The van der Waals surface area contributed by atoms with E-state index in [1.165, 1.54) is 0 Å². The second-order valence-electron chi connectivity index (χ2n) is 8.17. The molecule has 0 saturated heterocycles. The zero-order valence-corrected chi connectivity index (χ0v) is 33.7. The second-order valence-corrected chi connectivity index (χ2v) is 11.8. The van der Waals surface area contributed by atoms with E-state index in [1.807, 2.05) is 13.6 Å². The molecule has 11 nitrogen and oxygen atoms in total. The summed E-state index contributed by atoms with van der Waals surface area (Å²) in [7, 11) is -3.23. The average molecular weight is 786 g/mol. The van der Waals surface area contributed by atoms with Crippen LogP contribution in [-0.2, 0) is 69.8 Å². The quantitative estimate of drug-likeness (QED) is 0.0585. The summed E-state index contributed by atoms with van der Waals surface area (Å²) in [5, 5.41) is 0. The third-order valence-corrected chi connectivity index (χ3v) is 7.15. The molecule has 0 spiro atoms. The fourth-order valence-electron chi connectivity index (χ4n) is 1.83. The van der Waals surface area contributed by atoms with Crippen molar-refractivity contribution < 1.29 is 69.8 Å². The van der Waals surface area contributed by atoms with Crippen LogP contribution in [0, 0.1) is 0 Å². The minimum absolute atomic E-state index is 0. The smallest absolute Gasteiger partial charge is 0.312 e. The summed E-state index contributed by atoms with van der Waals surface area (Å²) in [5.74, 6) is 0. The van der Waals surface area contributed by atoms with Crippen molar-refractivity contribution in [2.24, 2.45) is 0 Å². The van der Waals surface area contributed by atoms with Crippen LogP contribution < -0.4 is 0 Å². The normalized spacial score (nSPS) is 10.0. The molecule has 0 aromatic heterocycles. The average Bonchev–Trinajstić information content (AvgIpc) is 3.06. The molecule has 0 aliphatic heterocycles. The van der Waals surface area contributed by atoms with E-state index in [2.05, 4.69) is 62.3 Å². The molecule has 0 amide bonds. The molecule has 0 saturated carbocycles. The Labute approximate surface area is 287 Å². The van der Waals surface area contributed by atoms with Crippen LogP contribution in [0.5, 0.6) is 0 Å². The Morgan fingerprint density at radius 3 is 0.455 bits per heavy atom. The molecule has 0 aliphatic carbocycles. The fourth-order valence-corrected chi connectivity index (χ4v) is 5.48. The van der Waals surface area contributed by atoms with E-state index >= 15 is 0 Å². The number of rotatable bonds is 27. The van der Waals surface area contributed by atoms with Crippen molar-refractivity contribution in [3.63, 3.8) is 0 Å². The third-order valence-electron chi connectivity index (χ3n) is 3.61. The zero-order chi connectivity index (χ0) is 33.8. The first-order valence-electron chi connectivity index (χ1n) is 15.7. The molecule has 272 valence electrons. The van der Waals surface area contributed by atoms with E-state index < -0.39 is 25.8 Å². The van der Waals surface area contributed by atoms with Crippen molar-refractivity contribution in [1.29, 1.82) is 0 Å². The Balaban J connectivity index is -0.000000115. The van der Waals surface area contributed by atoms with Gasteiger partial charge in [-0.1, -0.05) is 62.3 Å². The van der Waals surface area contributed by atoms with Gasteiger partial charge in [0, 0.05) is 19.5 Å². The summed E-state index contributed by atoms with van der Waals surface area (Å²) < 4.78 is 48.7. The largest absolute Gasteiger partial charge is 0.332 e. The second kappa shape index (κ2) is 59.3. The Morgan fingerprint density at radius 1 is 0.295 bits per heavy atom. The first kappa shape index (κ1) is 57.2. The minimum atomic E-state index is -1.08. The van der Waals surface area contributed by atoms with Crippen LogP contribution in [0.3, 0.4) is 0 Å². The summed E-state index contributed by atoms with van der Waals surface area (Å²) >= 11 is 0. The first-order valence-corrected chi connectivity index (χ1v) is 19.0. The van der Waals surface area contributed by atoms with Gasteiger partial charge in [-0.15, -0.1) is 0 Å². The molecule has 0 bridgehead atoms. The van der Waals surface area contributed by atoms with Gasteiger partial charge < -0.3 is 50.3 Å². The molecule has 0 aliphatic rings. The van der Waals surface area contributed by atoms with E-state index in [9.17, 15) is 0 Å². The molecule has 0 fully saturated rings. The van der Waals surface area contributed by atoms with Crippen LogP contribution in [0.1, 0.15) is 120 Å². The maximum atomic E-state index is 8.00. The van der Waals surface area contributed by atoms with Gasteiger partial charge in [0.15, 0.2) is 0 Å². The van der Waals surface area contributed by atoms with E-state index in [0.29, 0.717) is 0 Å². The van der Waals surface area contributed by atoms with Crippen molar-refractivity contribution in [2.45, 2.75) is 120 Å².